The molecule has 0 amide bonds. The monoisotopic (exact) mass is 180 g/mol. The zero-order chi connectivity index (χ0) is 9.68. The predicted molar refractivity (Wildman–Crippen MR) is 56.3 cm³/mol. The quantitative estimate of drug-likeness (QED) is 0.729. The van der Waals surface area contributed by atoms with Crippen LogP contribution >= 0.6 is 0 Å². The molecule has 0 saturated carbocycles. The Morgan fingerprint density at radius 2 is 2.08 bits per heavy atom. The largest absolute Gasteiger partial charge is 0.395 e. The molecule has 1 rings (SSSR count). The van der Waals surface area contributed by atoms with Crippen LogP contribution in [0.15, 0.2) is 24.3 Å². The van der Waals surface area contributed by atoms with Gasteiger partial charge in [0.1, 0.15) is 0 Å². The molecule has 0 heterocycles. The van der Waals surface area contributed by atoms with Crippen molar-refractivity contribution in [2.24, 2.45) is 0 Å². The Balaban J connectivity index is 2.85. The van der Waals surface area contributed by atoms with Gasteiger partial charge in [0.05, 0.1) is 18.0 Å². The van der Waals surface area contributed by atoms with E-state index in [0.29, 0.717) is 6.54 Å². The van der Waals surface area contributed by atoms with Crippen molar-refractivity contribution in [2.75, 3.05) is 37.5 Å². The highest BCUT2D eigenvalue weighted by Crippen LogP contribution is 2.23. The summed E-state index contributed by atoms with van der Waals surface area (Å²) in [4.78, 5) is 2.02. The number of likely N-dealkylation sites (N-methyl/N-ethyl adjacent to an activating group) is 1. The molecule has 0 fully saturated rings. The Labute approximate surface area is 79.0 Å². The van der Waals surface area contributed by atoms with Gasteiger partial charge in [-0.1, -0.05) is 12.1 Å². The number of nitrogens with zero attached hydrogens (tertiary/aromatic N) is 1. The van der Waals surface area contributed by atoms with Gasteiger partial charge < -0.3 is 15.3 Å². The summed E-state index contributed by atoms with van der Waals surface area (Å²) in [7, 11) is 3.86. The number of nitrogens with one attached hydrogen (secondary N) is 1. The number of hydrogen-bond acceptors (Lipinski definition) is 3. The van der Waals surface area contributed by atoms with Gasteiger partial charge >= 0.3 is 0 Å². The first-order chi connectivity index (χ1) is 6.29. The molecule has 2 N–H and O–H groups in total. The number of aliphatic hydroxyl groups is 1. The molecule has 13 heavy (non-hydrogen) atoms. The maximum Gasteiger partial charge on any atom is 0.0606 e. The van der Waals surface area contributed by atoms with E-state index < -0.39 is 0 Å². The van der Waals surface area contributed by atoms with Gasteiger partial charge in [0, 0.05) is 20.6 Å². The third-order valence-electron chi connectivity index (χ3n) is 2.02. The molecule has 1 aromatic carbocycles. The van der Waals surface area contributed by atoms with Crippen LogP contribution in [-0.4, -0.2) is 32.4 Å². The van der Waals surface area contributed by atoms with E-state index in [1.54, 1.807) is 0 Å². The summed E-state index contributed by atoms with van der Waals surface area (Å²) in [6, 6.07) is 8.02. The Morgan fingerprint density at radius 3 is 2.69 bits per heavy atom. The highest BCUT2D eigenvalue weighted by atomic mass is 16.3. The Kier molecular flexibility index (Phi) is 3.58. The summed E-state index contributed by atoms with van der Waals surface area (Å²) >= 11 is 0. The van der Waals surface area contributed by atoms with Crippen molar-refractivity contribution in [1.29, 1.82) is 0 Å². The van der Waals surface area contributed by atoms with Gasteiger partial charge in [-0.2, -0.15) is 0 Å². The molecular weight excluding hydrogens is 164 g/mol. The van der Waals surface area contributed by atoms with Gasteiger partial charge in [0.15, 0.2) is 0 Å². The first-order valence-electron chi connectivity index (χ1n) is 4.38. The number of rotatable bonds is 4. The first-order valence-corrected chi connectivity index (χ1v) is 4.38. The molecule has 0 aromatic heterocycles. The fourth-order valence-electron chi connectivity index (χ4n) is 1.29. The average molecular weight is 180 g/mol. The van der Waals surface area contributed by atoms with Crippen molar-refractivity contribution in [2.45, 2.75) is 0 Å². The van der Waals surface area contributed by atoms with Crippen LogP contribution in [0, 0.1) is 0 Å². The lowest BCUT2D eigenvalue weighted by Gasteiger charge is -2.20. The molecule has 1 aromatic rings. The lowest BCUT2D eigenvalue weighted by molar-refractivity contribution is 0.304. The molecule has 0 aliphatic rings. The van der Waals surface area contributed by atoms with E-state index in [1.165, 1.54) is 0 Å². The molecule has 3 nitrogen and oxygen atoms in total. The summed E-state index contributed by atoms with van der Waals surface area (Å²) in [5.41, 5.74) is 2.19. The maximum atomic E-state index is 8.80. The van der Waals surface area contributed by atoms with E-state index >= 15 is 0 Å². The van der Waals surface area contributed by atoms with Crippen LogP contribution in [-0.2, 0) is 0 Å². The summed E-state index contributed by atoms with van der Waals surface area (Å²) in [5, 5.41) is 11.9. The third kappa shape index (κ3) is 2.36. The van der Waals surface area contributed by atoms with Crippen molar-refractivity contribution in [3.8, 4) is 0 Å². The van der Waals surface area contributed by atoms with Crippen LogP contribution in [0.25, 0.3) is 0 Å². The second-order valence-electron chi connectivity index (χ2n) is 2.91. The zero-order valence-corrected chi connectivity index (χ0v) is 8.12. The van der Waals surface area contributed by atoms with E-state index in [0.717, 1.165) is 11.4 Å². The standard InChI is InChI=1S/C10H16N2O/c1-11-9-5-3-4-6-10(9)12(2)7-8-13/h3-6,11,13H,7-8H2,1-2H3. The molecule has 0 unspecified atom stereocenters. The number of aliphatic hydroxyl groups excluding tert-OH is 1. The van der Waals surface area contributed by atoms with E-state index in [2.05, 4.69) is 5.32 Å². The molecule has 72 valence electrons. The summed E-state index contributed by atoms with van der Waals surface area (Å²) in [5.74, 6) is 0. The highest BCUT2D eigenvalue weighted by Gasteiger charge is 2.03. The molecule has 0 aliphatic carbocycles. The molecule has 0 spiro atoms. The predicted octanol–water partition coefficient (Wildman–Crippen LogP) is 1.16. The normalized spacial score (nSPS) is 9.77. The van der Waals surface area contributed by atoms with Gasteiger partial charge in [0.2, 0.25) is 0 Å². The summed E-state index contributed by atoms with van der Waals surface area (Å²) in [6.07, 6.45) is 0. The van der Waals surface area contributed by atoms with E-state index in [9.17, 15) is 0 Å². The Bertz CT molecular complexity index is 263. The van der Waals surface area contributed by atoms with Crippen LogP contribution in [0.1, 0.15) is 0 Å². The van der Waals surface area contributed by atoms with Crippen LogP contribution in [0.2, 0.25) is 0 Å². The fraction of sp³-hybridized carbons (Fsp3) is 0.400. The fourth-order valence-corrected chi connectivity index (χ4v) is 1.29. The molecular formula is C10H16N2O. The molecule has 0 atom stereocenters. The second kappa shape index (κ2) is 4.72. The van der Waals surface area contributed by atoms with Crippen LogP contribution < -0.4 is 10.2 Å². The van der Waals surface area contributed by atoms with Crippen molar-refractivity contribution < 1.29 is 5.11 Å². The second-order valence-corrected chi connectivity index (χ2v) is 2.91. The maximum absolute atomic E-state index is 8.80. The number of hydrogen-bond donors (Lipinski definition) is 2. The summed E-state index contributed by atoms with van der Waals surface area (Å²) in [6.45, 7) is 0.827. The van der Waals surface area contributed by atoms with Crippen LogP contribution in [0.5, 0.6) is 0 Å². The highest BCUT2D eigenvalue weighted by molar-refractivity contribution is 5.69. The average Bonchev–Trinajstić information content (AvgIpc) is 2.18. The minimum atomic E-state index is 0.175. The molecule has 3 heteroatoms. The number of benzene rings is 1. The minimum Gasteiger partial charge on any atom is -0.395 e. The van der Waals surface area contributed by atoms with Crippen molar-refractivity contribution in [3.63, 3.8) is 0 Å². The van der Waals surface area contributed by atoms with Crippen molar-refractivity contribution in [1.82, 2.24) is 0 Å². The topological polar surface area (TPSA) is 35.5 Å². The Morgan fingerprint density at radius 1 is 1.38 bits per heavy atom. The van der Waals surface area contributed by atoms with Gasteiger partial charge in [0.25, 0.3) is 0 Å². The molecule has 0 saturated heterocycles. The van der Waals surface area contributed by atoms with Crippen molar-refractivity contribution >= 4 is 11.4 Å². The zero-order valence-electron chi connectivity index (χ0n) is 8.12. The lowest BCUT2D eigenvalue weighted by Crippen LogP contribution is -2.21. The Hall–Kier alpha value is -1.22. The van der Waals surface area contributed by atoms with Crippen molar-refractivity contribution in [3.05, 3.63) is 24.3 Å². The lowest BCUT2D eigenvalue weighted by atomic mass is 10.2. The van der Waals surface area contributed by atoms with Crippen LogP contribution in [0.4, 0.5) is 11.4 Å². The van der Waals surface area contributed by atoms with Gasteiger partial charge in [-0.25, -0.2) is 0 Å². The smallest absolute Gasteiger partial charge is 0.0606 e. The third-order valence-corrected chi connectivity index (χ3v) is 2.02. The number of para-hydroxylation sites is 2. The molecule has 0 radical (unpaired) electrons. The van der Waals surface area contributed by atoms with E-state index in [1.807, 2.05) is 43.3 Å². The van der Waals surface area contributed by atoms with Gasteiger partial charge in [-0.3, -0.25) is 0 Å². The van der Waals surface area contributed by atoms with Gasteiger partial charge in [-0.05, 0) is 12.1 Å². The van der Waals surface area contributed by atoms with E-state index in [-0.39, 0.29) is 6.61 Å². The van der Waals surface area contributed by atoms with E-state index in [4.69, 9.17) is 5.11 Å². The number of anilines is 2. The SMILES string of the molecule is CNc1ccccc1N(C)CCO. The summed E-state index contributed by atoms with van der Waals surface area (Å²) < 4.78 is 0. The first kappa shape index (κ1) is 9.86. The molecule has 0 aliphatic heterocycles. The van der Waals surface area contributed by atoms with Crippen LogP contribution in [0.3, 0.4) is 0 Å². The molecule has 0 bridgehead atoms. The minimum absolute atomic E-state index is 0.175. The van der Waals surface area contributed by atoms with Gasteiger partial charge in [-0.15, -0.1) is 0 Å².